The van der Waals surface area contributed by atoms with Crippen LogP contribution >= 0.6 is 23.2 Å². The third-order valence-corrected chi connectivity index (χ3v) is 4.02. The van der Waals surface area contributed by atoms with Gasteiger partial charge in [-0.05, 0) is 19.3 Å². The number of halogens is 2. The summed E-state index contributed by atoms with van der Waals surface area (Å²) < 4.78 is 0. The molecule has 0 saturated heterocycles. The lowest BCUT2D eigenvalue weighted by Gasteiger charge is -2.20. The first kappa shape index (κ1) is 13.1. The van der Waals surface area contributed by atoms with E-state index >= 15 is 0 Å². The van der Waals surface area contributed by atoms with E-state index in [0.29, 0.717) is 16.2 Å². The summed E-state index contributed by atoms with van der Waals surface area (Å²) in [6.45, 7) is 2.10. The topological polar surface area (TPSA) is 25.8 Å². The van der Waals surface area contributed by atoms with E-state index in [1.807, 2.05) is 0 Å². The lowest BCUT2D eigenvalue weighted by molar-refractivity contribution is 0.428. The van der Waals surface area contributed by atoms with Crippen molar-refractivity contribution in [3.63, 3.8) is 0 Å². The fourth-order valence-corrected chi connectivity index (χ4v) is 3.04. The number of rotatable bonds is 3. The van der Waals surface area contributed by atoms with Gasteiger partial charge in [-0.3, -0.25) is 0 Å². The normalized spacial score (nSPS) is 17.4. The number of nitrogens with zero attached hydrogens (tertiary/aromatic N) is 2. The van der Waals surface area contributed by atoms with Crippen LogP contribution in [0.15, 0.2) is 0 Å². The minimum absolute atomic E-state index is 0.453. The zero-order chi connectivity index (χ0) is 12.3. The van der Waals surface area contributed by atoms with Gasteiger partial charge < -0.3 is 0 Å². The quantitative estimate of drug-likeness (QED) is 0.740. The van der Waals surface area contributed by atoms with Crippen LogP contribution < -0.4 is 0 Å². The van der Waals surface area contributed by atoms with E-state index in [1.54, 1.807) is 0 Å². The Kier molecular flexibility index (Phi) is 4.63. The summed E-state index contributed by atoms with van der Waals surface area (Å²) in [6, 6.07) is 0. The lowest BCUT2D eigenvalue weighted by atomic mass is 9.88. The monoisotopic (exact) mass is 272 g/mol. The average molecular weight is 273 g/mol. The summed E-state index contributed by atoms with van der Waals surface area (Å²) in [5, 5.41) is 1.10. The molecule has 0 radical (unpaired) electrons. The molecule has 4 heteroatoms. The molecule has 94 valence electrons. The van der Waals surface area contributed by atoms with Crippen molar-refractivity contribution in [2.24, 2.45) is 0 Å². The highest BCUT2D eigenvalue weighted by Crippen LogP contribution is 2.33. The molecule has 1 fully saturated rings. The molecule has 0 aromatic carbocycles. The van der Waals surface area contributed by atoms with Crippen molar-refractivity contribution in [2.45, 2.75) is 57.8 Å². The van der Waals surface area contributed by atoms with E-state index in [0.717, 1.165) is 24.2 Å². The smallest absolute Gasteiger partial charge is 0.137 e. The first-order valence-corrected chi connectivity index (χ1v) is 7.19. The highest BCUT2D eigenvalue weighted by molar-refractivity contribution is 6.34. The number of hydrogen-bond donors (Lipinski definition) is 0. The second-order valence-electron chi connectivity index (χ2n) is 4.73. The van der Waals surface area contributed by atoms with Gasteiger partial charge in [-0.15, -0.1) is 0 Å². The SMILES string of the molecule is CCCc1c(Cl)nc(C2CCCCC2)nc1Cl. The largest absolute Gasteiger partial charge is 0.221 e. The highest BCUT2D eigenvalue weighted by Gasteiger charge is 2.20. The third-order valence-electron chi connectivity index (χ3n) is 3.39. The summed E-state index contributed by atoms with van der Waals surface area (Å²) in [5.41, 5.74) is 0.899. The minimum atomic E-state index is 0.453. The van der Waals surface area contributed by atoms with Crippen molar-refractivity contribution in [1.82, 2.24) is 9.97 Å². The summed E-state index contributed by atoms with van der Waals surface area (Å²) in [6.07, 6.45) is 8.04. The van der Waals surface area contributed by atoms with Crippen molar-refractivity contribution in [3.05, 3.63) is 21.7 Å². The standard InChI is InChI=1S/C13H18Cl2N2/c1-2-6-10-11(14)16-13(17-12(10)15)9-7-4-3-5-8-9/h9H,2-8H2,1H3. The van der Waals surface area contributed by atoms with Crippen LogP contribution in [0.3, 0.4) is 0 Å². The van der Waals surface area contributed by atoms with Gasteiger partial charge in [0, 0.05) is 11.5 Å². The summed E-state index contributed by atoms with van der Waals surface area (Å²) in [4.78, 5) is 8.89. The van der Waals surface area contributed by atoms with E-state index < -0.39 is 0 Å². The molecular formula is C13H18Cl2N2. The Hall–Kier alpha value is -0.340. The van der Waals surface area contributed by atoms with E-state index in [9.17, 15) is 0 Å². The zero-order valence-corrected chi connectivity index (χ0v) is 11.7. The van der Waals surface area contributed by atoms with Gasteiger partial charge in [-0.2, -0.15) is 0 Å². The molecule has 1 saturated carbocycles. The zero-order valence-electron chi connectivity index (χ0n) is 10.2. The van der Waals surface area contributed by atoms with Crippen LogP contribution in [0.4, 0.5) is 0 Å². The second-order valence-corrected chi connectivity index (χ2v) is 5.44. The maximum atomic E-state index is 6.20. The van der Waals surface area contributed by atoms with E-state index in [4.69, 9.17) is 23.2 Å². The molecule has 0 atom stereocenters. The van der Waals surface area contributed by atoms with Gasteiger partial charge in [0.05, 0.1) is 0 Å². The van der Waals surface area contributed by atoms with Gasteiger partial charge in [-0.1, -0.05) is 55.8 Å². The van der Waals surface area contributed by atoms with Crippen molar-refractivity contribution < 1.29 is 0 Å². The van der Waals surface area contributed by atoms with Gasteiger partial charge in [0.15, 0.2) is 0 Å². The van der Waals surface area contributed by atoms with Crippen LogP contribution in [0.25, 0.3) is 0 Å². The maximum absolute atomic E-state index is 6.20. The molecule has 0 unspecified atom stereocenters. The first-order valence-electron chi connectivity index (χ1n) is 6.44. The number of hydrogen-bond acceptors (Lipinski definition) is 2. The molecule has 2 rings (SSSR count). The molecular weight excluding hydrogens is 255 g/mol. The molecule has 1 aliphatic rings. The Morgan fingerprint density at radius 1 is 1.06 bits per heavy atom. The minimum Gasteiger partial charge on any atom is -0.221 e. The Bertz CT molecular complexity index is 364. The summed E-state index contributed by atoms with van der Waals surface area (Å²) in [5.74, 6) is 1.30. The van der Waals surface area contributed by atoms with Gasteiger partial charge in [0.25, 0.3) is 0 Å². The van der Waals surface area contributed by atoms with Crippen LogP contribution in [0, 0.1) is 0 Å². The van der Waals surface area contributed by atoms with Crippen LogP contribution in [0.5, 0.6) is 0 Å². The van der Waals surface area contributed by atoms with Crippen LogP contribution in [-0.2, 0) is 6.42 Å². The Morgan fingerprint density at radius 3 is 2.18 bits per heavy atom. The fraction of sp³-hybridized carbons (Fsp3) is 0.692. The summed E-state index contributed by atoms with van der Waals surface area (Å²) in [7, 11) is 0. The number of aromatic nitrogens is 2. The molecule has 0 aliphatic heterocycles. The molecule has 0 amide bonds. The molecule has 0 bridgehead atoms. The average Bonchev–Trinajstić information content (AvgIpc) is 2.35. The van der Waals surface area contributed by atoms with E-state index in [2.05, 4.69) is 16.9 Å². The van der Waals surface area contributed by atoms with Crippen molar-refractivity contribution in [1.29, 1.82) is 0 Å². The van der Waals surface area contributed by atoms with Crippen LogP contribution in [-0.4, -0.2) is 9.97 Å². The molecule has 0 N–H and O–H groups in total. The second kappa shape index (κ2) is 6.01. The van der Waals surface area contributed by atoms with Crippen molar-refractivity contribution in [3.8, 4) is 0 Å². The lowest BCUT2D eigenvalue weighted by Crippen LogP contribution is -2.10. The highest BCUT2D eigenvalue weighted by atomic mass is 35.5. The molecule has 17 heavy (non-hydrogen) atoms. The Balaban J connectivity index is 2.24. The van der Waals surface area contributed by atoms with Gasteiger partial charge in [0.1, 0.15) is 16.1 Å². The van der Waals surface area contributed by atoms with Crippen LogP contribution in [0.1, 0.15) is 62.8 Å². The van der Waals surface area contributed by atoms with E-state index in [-0.39, 0.29) is 0 Å². The van der Waals surface area contributed by atoms with Crippen molar-refractivity contribution >= 4 is 23.2 Å². The van der Waals surface area contributed by atoms with Crippen LogP contribution in [0.2, 0.25) is 10.3 Å². The molecule has 2 nitrogen and oxygen atoms in total. The fourth-order valence-electron chi connectivity index (χ4n) is 2.45. The van der Waals surface area contributed by atoms with Gasteiger partial charge in [-0.25, -0.2) is 9.97 Å². The van der Waals surface area contributed by atoms with Crippen molar-refractivity contribution in [2.75, 3.05) is 0 Å². The van der Waals surface area contributed by atoms with E-state index in [1.165, 1.54) is 32.1 Å². The maximum Gasteiger partial charge on any atom is 0.137 e. The third kappa shape index (κ3) is 3.11. The van der Waals surface area contributed by atoms with Gasteiger partial charge >= 0.3 is 0 Å². The Morgan fingerprint density at radius 2 is 1.65 bits per heavy atom. The molecule has 1 aromatic rings. The molecule has 1 heterocycles. The predicted molar refractivity (Wildman–Crippen MR) is 71.9 cm³/mol. The summed E-state index contributed by atoms with van der Waals surface area (Å²) >= 11 is 12.4. The first-order chi connectivity index (χ1) is 8.22. The van der Waals surface area contributed by atoms with Gasteiger partial charge in [0.2, 0.25) is 0 Å². The Labute approximate surface area is 113 Å². The predicted octanol–water partition coefficient (Wildman–Crippen LogP) is 4.78. The molecule has 1 aliphatic carbocycles. The molecule has 0 spiro atoms. The molecule has 1 aromatic heterocycles.